The Morgan fingerprint density at radius 1 is 1.14 bits per heavy atom. The van der Waals surface area contributed by atoms with Gasteiger partial charge in [0, 0.05) is 11.1 Å². The molecule has 1 N–H and O–H groups in total. The summed E-state index contributed by atoms with van der Waals surface area (Å²) in [7, 11) is -3.53. The SMILES string of the molecule is CCOc1cccc(NS(=O)(=O)Cc2ccccc2Cl)c1. The maximum atomic E-state index is 12.2. The van der Waals surface area contributed by atoms with Crippen LogP contribution >= 0.6 is 11.6 Å². The second-order valence-electron chi connectivity index (χ2n) is 4.41. The first-order valence-corrected chi connectivity index (χ1v) is 8.50. The van der Waals surface area contributed by atoms with E-state index >= 15 is 0 Å². The van der Waals surface area contributed by atoms with E-state index in [1.165, 1.54) is 0 Å². The third-order valence-electron chi connectivity index (χ3n) is 2.72. The molecule has 0 spiro atoms. The molecule has 0 heterocycles. The molecular weight excluding hydrogens is 310 g/mol. The minimum absolute atomic E-state index is 0.175. The topological polar surface area (TPSA) is 55.4 Å². The molecule has 0 bridgehead atoms. The molecule has 0 aliphatic carbocycles. The Labute approximate surface area is 129 Å². The Morgan fingerprint density at radius 2 is 1.90 bits per heavy atom. The van der Waals surface area contributed by atoms with Gasteiger partial charge in [0.15, 0.2) is 0 Å². The number of hydrogen-bond acceptors (Lipinski definition) is 3. The predicted octanol–water partition coefficient (Wildman–Crippen LogP) is 3.68. The predicted molar refractivity (Wildman–Crippen MR) is 85.3 cm³/mol. The molecule has 0 saturated carbocycles. The lowest BCUT2D eigenvalue weighted by atomic mass is 10.2. The van der Waals surface area contributed by atoms with Crippen LogP contribution in [0.2, 0.25) is 5.02 Å². The van der Waals surface area contributed by atoms with E-state index in [1.807, 2.05) is 6.92 Å². The summed E-state index contributed by atoms with van der Waals surface area (Å²) in [5.74, 6) is 0.446. The zero-order valence-electron chi connectivity index (χ0n) is 11.5. The molecule has 0 amide bonds. The van der Waals surface area contributed by atoms with Gasteiger partial charge in [0.1, 0.15) is 5.75 Å². The smallest absolute Gasteiger partial charge is 0.236 e. The van der Waals surface area contributed by atoms with Crippen molar-refractivity contribution < 1.29 is 13.2 Å². The molecule has 2 aromatic carbocycles. The largest absolute Gasteiger partial charge is 0.494 e. The molecule has 0 atom stereocenters. The van der Waals surface area contributed by atoms with Crippen LogP contribution in [0.4, 0.5) is 5.69 Å². The van der Waals surface area contributed by atoms with E-state index in [4.69, 9.17) is 16.3 Å². The molecule has 6 heteroatoms. The van der Waals surface area contributed by atoms with Crippen LogP contribution in [0.1, 0.15) is 12.5 Å². The lowest BCUT2D eigenvalue weighted by Crippen LogP contribution is -2.15. The molecule has 112 valence electrons. The average molecular weight is 326 g/mol. The van der Waals surface area contributed by atoms with Crippen molar-refractivity contribution in [2.75, 3.05) is 11.3 Å². The molecule has 0 radical (unpaired) electrons. The van der Waals surface area contributed by atoms with Gasteiger partial charge >= 0.3 is 0 Å². The Morgan fingerprint density at radius 3 is 2.62 bits per heavy atom. The van der Waals surface area contributed by atoms with Crippen LogP contribution in [0, 0.1) is 0 Å². The fourth-order valence-electron chi connectivity index (χ4n) is 1.85. The van der Waals surface area contributed by atoms with Crippen molar-refractivity contribution >= 4 is 27.3 Å². The maximum absolute atomic E-state index is 12.2. The van der Waals surface area contributed by atoms with E-state index in [2.05, 4.69) is 4.72 Å². The van der Waals surface area contributed by atoms with Gasteiger partial charge in [-0.1, -0.05) is 35.9 Å². The minimum Gasteiger partial charge on any atom is -0.494 e. The van der Waals surface area contributed by atoms with Crippen LogP contribution in [-0.4, -0.2) is 15.0 Å². The molecule has 0 aromatic heterocycles. The maximum Gasteiger partial charge on any atom is 0.236 e. The van der Waals surface area contributed by atoms with Gasteiger partial charge in [0.05, 0.1) is 18.0 Å². The Kier molecular flexibility index (Phi) is 5.09. The van der Waals surface area contributed by atoms with Crippen molar-refractivity contribution in [1.29, 1.82) is 0 Å². The molecule has 4 nitrogen and oxygen atoms in total. The van der Waals surface area contributed by atoms with E-state index < -0.39 is 10.0 Å². The molecule has 0 saturated heterocycles. The van der Waals surface area contributed by atoms with Gasteiger partial charge in [0.2, 0.25) is 10.0 Å². The molecule has 2 rings (SSSR count). The third kappa shape index (κ3) is 4.65. The van der Waals surface area contributed by atoms with Crippen LogP contribution in [0.5, 0.6) is 5.75 Å². The second-order valence-corrected chi connectivity index (χ2v) is 6.54. The Balaban J connectivity index is 2.14. The molecule has 0 unspecified atom stereocenters. The highest BCUT2D eigenvalue weighted by Gasteiger charge is 2.14. The number of nitrogens with one attached hydrogen (secondary N) is 1. The first-order chi connectivity index (χ1) is 10.00. The van der Waals surface area contributed by atoms with Gasteiger partial charge in [-0.05, 0) is 30.7 Å². The third-order valence-corrected chi connectivity index (χ3v) is 4.33. The monoisotopic (exact) mass is 325 g/mol. The standard InChI is InChI=1S/C15H16ClNO3S/c1-2-20-14-8-5-7-13(10-14)17-21(18,19)11-12-6-3-4-9-15(12)16/h3-10,17H,2,11H2,1H3. The van der Waals surface area contributed by atoms with E-state index in [9.17, 15) is 8.42 Å². The highest BCUT2D eigenvalue weighted by Crippen LogP contribution is 2.21. The summed E-state index contributed by atoms with van der Waals surface area (Å²) in [6.45, 7) is 2.39. The number of sulfonamides is 1. The highest BCUT2D eigenvalue weighted by atomic mass is 35.5. The lowest BCUT2D eigenvalue weighted by Gasteiger charge is -2.10. The Hall–Kier alpha value is -1.72. The van der Waals surface area contributed by atoms with Gasteiger partial charge in [-0.2, -0.15) is 0 Å². The van der Waals surface area contributed by atoms with E-state index in [-0.39, 0.29) is 5.75 Å². The van der Waals surface area contributed by atoms with Crippen molar-refractivity contribution in [3.8, 4) is 5.75 Å². The van der Waals surface area contributed by atoms with Gasteiger partial charge in [0.25, 0.3) is 0 Å². The van der Waals surface area contributed by atoms with Crippen molar-refractivity contribution in [2.24, 2.45) is 0 Å². The number of halogens is 1. The lowest BCUT2D eigenvalue weighted by molar-refractivity contribution is 0.340. The van der Waals surface area contributed by atoms with Crippen LogP contribution in [0.25, 0.3) is 0 Å². The first-order valence-electron chi connectivity index (χ1n) is 6.47. The van der Waals surface area contributed by atoms with Crippen LogP contribution in [0.15, 0.2) is 48.5 Å². The molecule has 0 aliphatic heterocycles. The summed E-state index contributed by atoms with van der Waals surface area (Å²) in [6, 6.07) is 13.7. The van der Waals surface area contributed by atoms with Gasteiger partial charge < -0.3 is 4.74 Å². The molecular formula is C15H16ClNO3S. The molecule has 0 aliphatic rings. The quantitative estimate of drug-likeness (QED) is 0.881. The van der Waals surface area contributed by atoms with Crippen LogP contribution in [-0.2, 0) is 15.8 Å². The summed E-state index contributed by atoms with van der Waals surface area (Å²) < 4.78 is 32.2. The van der Waals surface area contributed by atoms with Crippen molar-refractivity contribution in [1.82, 2.24) is 0 Å². The molecule has 0 fully saturated rings. The summed E-state index contributed by atoms with van der Waals surface area (Å²) in [4.78, 5) is 0. The number of ether oxygens (including phenoxy) is 1. The normalized spacial score (nSPS) is 11.1. The number of rotatable bonds is 6. The zero-order chi connectivity index (χ0) is 15.3. The van der Waals surface area contributed by atoms with Crippen molar-refractivity contribution in [2.45, 2.75) is 12.7 Å². The minimum atomic E-state index is -3.53. The van der Waals surface area contributed by atoms with E-state index in [1.54, 1.807) is 48.5 Å². The Bertz CT molecular complexity index is 716. The molecule has 2 aromatic rings. The number of benzene rings is 2. The van der Waals surface area contributed by atoms with Gasteiger partial charge in [-0.25, -0.2) is 8.42 Å². The summed E-state index contributed by atoms with van der Waals surface area (Å²) in [6.07, 6.45) is 0. The van der Waals surface area contributed by atoms with Crippen molar-refractivity contribution in [3.63, 3.8) is 0 Å². The first kappa shape index (κ1) is 15.7. The average Bonchev–Trinajstić information content (AvgIpc) is 2.41. The van der Waals surface area contributed by atoms with Gasteiger partial charge in [-0.3, -0.25) is 4.72 Å². The summed E-state index contributed by atoms with van der Waals surface area (Å²) in [5.41, 5.74) is 1.03. The fourth-order valence-corrected chi connectivity index (χ4v) is 3.35. The van der Waals surface area contributed by atoms with E-state index in [0.29, 0.717) is 28.6 Å². The van der Waals surface area contributed by atoms with Crippen LogP contribution < -0.4 is 9.46 Å². The van der Waals surface area contributed by atoms with E-state index in [0.717, 1.165) is 0 Å². The summed E-state index contributed by atoms with van der Waals surface area (Å²) >= 11 is 5.99. The number of anilines is 1. The molecule has 21 heavy (non-hydrogen) atoms. The van der Waals surface area contributed by atoms with Crippen molar-refractivity contribution in [3.05, 3.63) is 59.1 Å². The fraction of sp³-hybridized carbons (Fsp3) is 0.200. The highest BCUT2D eigenvalue weighted by molar-refractivity contribution is 7.91. The second kappa shape index (κ2) is 6.83. The van der Waals surface area contributed by atoms with Gasteiger partial charge in [-0.15, -0.1) is 0 Å². The van der Waals surface area contributed by atoms with Crippen LogP contribution in [0.3, 0.4) is 0 Å². The number of hydrogen-bond donors (Lipinski definition) is 1. The zero-order valence-corrected chi connectivity index (χ0v) is 13.1. The summed E-state index contributed by atoms with van der Waals surface area (Å²) in [5, 5.41) is 0.436.